The van der Waals surface area contributed by atoms with Gasteiger partial charge in [0.2, 0.25) is 5.88 Å². The van der Waals surface area contributed by atoms with Gasteiger partial charge in [-0.3, -0.25) is 4.79 Å². The molecule has 0 spiro atoms. The number of thiazole rings is 1. The number of nitrogens with zero attached hydrogens (tertiary/aromatic N) is 2. The molecule has 4 aromatic rings. The lowest BCUT2D eigenvalue weighted by molar-refractivity contribution is 0.0237. The van der Waals surface area contributed by atoms with Crippen molar-refractivity contribution in [2.45, 2.75) is 25.9 Å². The van der Waals surface area contributed by atoms with Gasteiger partial charge in [0.05, 0.1) is 23.4 Å². The molecule has 32 heavy (non-hydrogen) atoms. The van der Waals surface area contributed by atoms with E-state index in [9.17, 15) is 4.79 Å². The molecule has 6 nitrogen and oxygen atoms in total. The van der Waals surface area contributed by atoms with Crippen molar-refractivity contribution in [3.05, 3.63) is 71.9 Å². The van der Waals surface area contributed by atoms with Gasteiger partial charge in [-0.05, 0) is 55.0 Å². The predicted molar refractivity (Wildman–Crippen MR) is 126 cm³/mol. The van der Waals surface area contributed by atoms with Crippen LogP contribution in [0.25, 0.3) is 20.8 Å². The fourth-order valence-electron chi connectivity index (χ4n) is 3.63. The molecule has 0 bridgehead atoms. The number of carbonyl (C=O) groups is 1. The van der Waals surface area contributed by atoms with E-state index in [2.05, 4.69) is 29.4 Å². The van der Waals surface area contributed by atoms with Gasteiger partial charge in [-0.1, -0.05) is 6.07 Å². The summed E-state index contributed by atoms with van der Waals surface area (Å²) in [5.41, 5.74) is 4.48. The van der Waals surface area contributed by atoms with Crippen molar-refractivity contribution in [2.24, 2.45) is 0 Å². The number of carbonyl (C=O) groups excluding carboxylic acids is 1. The molecule has 2 aromatic heterocycles. The quantitative estimate of drug-likeness (QED) is 0.441. The molecule has 0 radical (unpaired) electrons. The van der Waals surface area contributed by atoms with E-state index < -0.39 is 0 Å². The number of aryl methyl sites for hydroxylation is 1. The Labute approximate surface area is 190 Å². The Kier molecular flexibility index (Phi) is 5.83. The van der Waals surface area contributed by atoms with Crippen LogP contribution in [0.4, 0.5) is 5.69 Å². The summed E-state index contributed by atoms with van der Waals surface area (Å²) in [6.45, 7) is 3.47. The Balaban J connectivity index is 1.26. The number of ether oxygens (including phenoxy) is 2. The molecule has 0 unspecified atom stereocenters. The number of benzene rings is 2. The average molecular weight is 446 g/mol. The summed E-state index contributed by atoms with van der Waals surface area (Å²) < 4.78 is 12.4. The molecular formula is C25H23N3O3S. The second-order valence-corrected chi connectivity index (χ2v) is 8.86. The van der Waals surface area contributed by atoms with Crippen LogP contribution in [0.1, 0.15) is 28.8 Å². The van der Waals surface area contributed by atoms with E-state index in [-0.39, 0.29) is 12.0 Å². The minimum atomic E-state index is -0.201. The second-order valence-electron chi connectivity index (χ2n) is 7.83. The summed E-state index contributed by atoms with van der Waals surface area (Å²) in [7, 11) is 0. The van der Waals surface area contributed by atoms with Gasteiger partial charge in [-0.25, -0.2) is 9.97 Å². The highest BCUT2D eigenvalue weighted by molar-refractivity contribution is 7.21. The van der Waals surface area contributed by atoms with Gasteiger partial charge in [0, 0.05) is 41.9 Å². The maximum atomic E-state index is 12.7. The van der Waals surface area contributed by atoms with Crippen LogP contribution in [0.5, 0.6) is 5.88 Å². The summed E-state index contributed by atoms with van der Waals surface area (Å²) in [5, 5.41) is 3.91. The third-order valence-corrected chi connectivity index (χ3v) is 6.45. The normalized spacial score (nSPS) is 14.4. The van der Waals surface area contributed by atoms with Crippen molar-refractivity contribution < 1.29 is 14.3 Å². The molecule has 7 heteroatoms. The van der Waals surface area contributed by atoms with E-state index in [1.54, 1.807) is 29.7 Å². The minimum Gasteiger partial charge on any atom is -0.474 e. The minimum absolute atomic E-state index is 0.0773. The monoisotopic (exact) mass is 445 g/mol. The molecule has 1 aliphatic heterocycles. The van der Waals surface area contributed by atoms with Crippen LogP contribution in [0.3, 0.4) is 0 Å². The third kappa shape index (κ3) is 4.64. The Morgan fingerprint density at radius 2 is 1.91 bits per heavy atom. The number of hydrogen-bond acceptors (Lipinski definition) is 6. The number of fused-ring (bicyclic) bond motifs is 1. The van der Waals surface area contributed by atoms with E-state index in [1.165, 1.54) is 10.3 Å². The molecule has 0 atom stereocenters. The first-order valence-corrected chi connectivity index (χ1v) is 11.5. The molecule has 0 aliphatic carbocycles. The number of rotatable bonds is 5. The van der Waals surface area contributed by atoms with E-state index in [4.69, 9.17) is 14.5 Å². The highest BCUT2D eigenvalue weighted by Crippen LogP contribution is 2.31. The van der Waals surface area contributed by atoms with Crippen molar-refractivity contribution in [1.29, 1.82) is 0 Å². The van der Waals surface area contributed by atoms with Crippen LogP contribution >= 0.6 is 11.3 Å². The van der Waals surface area contributed by atoms with Gasteiger partial charge in [-0.2, -0.15) is 0 Å². The maximum Gasteiger partial charge on any atom is 0.255 e. The van der Waals surface area contributed by atoms with Gasteiger partial charge in [0.15, 0.2) is 0 Å². The Bertz CT molecular complexity index is 1250. The summed E-state index contributed by atoms with van der Waals surface area (Å²) >= 11 is 1.67. The van der Waals surface area contributed by atoms with Gasteiger partial charge in [0.25, 0.3) is 5.91 Å². The van der Waals surface area contributed by atoms with Gasteiger partial charge < -0.3 is 14.8 Å². The van der Waals surface area contributed by atoms with Crippen molar-refractivity contribution in [2.75, 3.05) is 18.5 Å². The van der Waals surface area contributed by atoms with Crippen LogP contribution < -0.4 is 10.1 Å². The molecule has 0 saturated carbocycles. The lowest BCUT2D eigenvalue weighted by atomic mass is 10.1. The van der Waals surface area contributed by atoms with Gasteiger partial charge in [-0.15, -0.1) is 11.3 Å². The Morgan fingerprint density at radius 3 is 2.72 bits per heavy atom. The SMILES string of the molecule is Cc1ccc2nc(-c3ccc(NC(=O)c4ccnc(OC5CCOCC5)c4)cc3)sc2c1. The number of pyridine rings is 1. The molecule has 3 heterocycles. The first kappa shape index (κ1) is 20.6. The van der Waals surface area contributed by atoms with Crippen LogP contribution in [-0.2, 0) is 4.74 Å². The number of nitrogens with one attached hydrogen (secondary N) is 1. The fourth-order valence-corrected chi connectivity index (χ4v) is 4.70. The average Bonchev–Trinajstić information content (AvgIpc) is 3.23. The summed E-state index contributed by atoms with van der Waals surface area (Å²) in [4.78, 5) is 21.7. The molecule has 2 aromatic carbocycles. The zero-order chi connectivity index (χ0) is 21.9. The van der Waals surface area contributed by atoms with E-state index >= 15 is 0 Å². The standard InChI is InChI=1S/C25H23N3O3S/c1-16-2-7-21-22(14-16)32-25(28-21)17-3-5-19(6-4-17)27-24(29)18-8-11-26-23(15-18)31-20-9-12-30-13-10-20/h2-8,11,14-15,20H,9-10,12-13H2,1H3,(H,27,29). The van der Waals surface area contributed by atoms with Crippen LogP contribution in [0, 0.1) is 6.92 Å². The molecule has 1 fully saturated rings. The van der Waals surface area contributed by atoms with Gasteiger partial charge >= 0.3 is 0 Å². The zero-order valence-electron chi connectivity index (χ0n) is 17.7. The van der Waals surface area contributed by atoms with Crippen LogP contribution in [0.2, 0.25) is 0 Å². The number of hydrogen-bond donors (Lipinski definition) is 1. The molecule has 5 rings (SSSR count). The first-order chi connectivity index (χ1) is 15.6. The van der Waals surface area contributed by atoms with Crippen LogP contribution in [0.15, 0.2) is 60.8 Å². The highest BCUT2D eigenvalue weighted by atomic mass is 32.1. The third-order valence-electron chi connectivity index (χ3n) is 5.39. The lowest BCUT2D eigenvalue weighted by Gasteiger charge is -2.22. The van der Waals surface area contributed by atoms with E-state index in [0.29, 0.717) is 24.7 Å². The summed E-state index contributed by atoms with van der Waals surface area (Å²) in [6.07, 6.45) is 3.34. The van der Waals surface area contributed by atoms with E-state index in [1.807, 2.05) is 30.3 Å². The predicted octanol–water partition coefficient (Wildman–Crippen LogP) is 5.48. The van der Waals surface area contributed by atoms with Crippen molar-refractivity contribution in [1.82, 2.24) is 9.97 Å². The molecule has 162 valence electrons. The highest BCUT2D eigenvalue weighted by Gasteiger charge is 2.17. The van der Waals surface area contributed by atoms with Crippen LogP contribution in [-0.4, -0.2) is 35.2 Å². The van der Waals surface area contributed by atoms with Crippen molar-refractivity contribution in [3.63, 3.8) is 0 Å². The van der Waals surface area contributed by atoms with E-state index in [0.717, 1.165) is 34.6 Å². The molecule has 1 saturated heterocycles. The smallest absolute Gasteiger partial charge is 0.255 e. The zero-order valence-corrected chi connectivity index (χ0v) is 18.5. The second kappa shape index (κ2) is 9.06. The Hall–Kier alpha value is -3.29. The molecule has 1 N–H and O–H groups in total. The Morgan fingerprint density at radius 1 is 1.09 bits per heavy atom. The maximum absolute atomic E-state index is 12.7. The number of amides is 1. The first-order valence-electron chi connectivity index (χ1n) is 10.6. The van der Waals surface area contributed by atoms with Gasteiger partial charge in [0.1, 0.15) is 11.1 Å². The number of anilines is 1. The topological polar surface area (TPSA) is 73.3 Å². The van der Waals surface area contributed by atoms with Crippen molar-refractivity contribution in [3.8, 4) is 16.5 Å². The molecular weight excluding hydrogens is 422 g/mol. The van der Waals surface area contributed by atoms with Crippen molar-refractivity contribution >= 4 is 33.1 Å². The lowest BCUT2D eigenvalue weighted by Crippen LogP contribution is -2.26. The largest absolute Gasteiger partial charge is 0.474 e. The molecule has 1 amide bonds. The molecule has 1 aliphatic rings. The summed E-state index contributed by atoms with van der Waals surface area (Å²) in [6, 6.07) is 17.4. The summed E-state index contributed by atoms with van der Waals surface area (Å²) in [5.74, 6) is 0.262. The number of aromatic nitrogens is 2. The fraction of sp³-hybridized carbons (Fsp3) is 0.240.